The van der Waals surface area contributed by atoms with Gasteiger partial charge in [-0.2, -0.15) is 4.98 Å². The van der Waals surface area contributed by atoms with E-state index >= 15 is 0 Å². The Labute approximate surface area is 211 Å². The fourth-order valence-corrected chi connectivity index (χ4v) is 6.13. The zero-order valence-electron chi connectivity index (χ0n) is 20.3. The van der Waals surface area contributed by atoms with Gasteiger partial charge in [0.05, 0.1) is 30.0 Å². The molecule has 0 saturated carbocycles. The molecule has 5 rings (SSSR count). The Kier molecular flexibility index (Phi) is 6.75. The molecular weight excluding hydrogens is 482 g/mol. The van der Waals surface area contributed by atoms with Gasteiger partial charge in [0, 0.05) is 39.2 Å². The average Bonchev–Trinajstić information content (AvgIpc) is 3.53. The smallest absolute Gasteiger partial charge is 0.227 e. The first-order chi connectivity index (χ1) is 17.2. The van der Waals surface area contributed by atoms with Crippen molar-refractivity contribution in [2.24, 2.45) is 0 Å². The van der Waals surface area contributed by atoms with Crippen LogP contribution in [0.3, 0.4) is 0 Å². The molecule has 1 unspecified atom stereocenters. The van der Waals surface area contributed by atoms with Crippen LogP contribution in [0.5, 0.6) is 0 Å². The molecule has 11 heteroatoms. The van der Waals surface area contributed by atoms with Gasteiger partial charge >= 0.3 is 0 Å². The minimum Gasteiger partial charge on any atom is -0.392 e. The van der Waals surface area contributed by atoms with Crippen LogP contribution in [0.15, 0.2) is 47.0 Å². The van der Waals surface area contributed by atoms with Crippen molar-refractivity contribution in [3.05, 3.63) is 65.0 Å². The van der Waals surface area contributed by atoms with Gasteiger partial charge in [0.25, 0.3) is 0 Å². The number of β-amino-alcohol motifs (C(OH)–C–C–N with tert-alkyl or cyclic N) is 1. The molecule has 3 aromatic rings. The van der Waals surface area contributed by atoms with Gasteiger partial charge in [-0.1, -0.05) is 35.5 Å². The fraction of sp³-hybridized carbons (Fsp3) is 0.400. The first-order valence-electron chi connectivity index (χ1n) is 11.9. The van der Waals surface area contributed by atoms with Gasteiger partial charge in [-0.15, -0.1) is 10.8 Å². The number of fused-ring (bicyclic) bond motifs is 1. The van der Waals surface area contributed by atoms with Gasteiger partial charge in [-0.3, -0.25) is 23.5 Å². The molecule has 1 aromatic heterocycles. The zero-order chi connectivity index (χ0) is 25.4. The van der Waals surface area contributed by atoms with Crippen LogP contribution in [0.25, 0.3) is 11.4 Å². The van der Waals surface area contributed by atoms with Crippen LogP contribution in [0.1, 0.15) is 35.0 Å². The average molecular weight is 514 g/mol. The lowest BCUT2D eigenvalue weighted by Crippen LogP contribution is -2.39. The number of benzene rings is 2. The molecule has 0 bridgehead atoms. The molecule has 3 heterocycles. The molecule has 36 heavy (non-hydrogen) atoms. The lowest BCUT2D eigenvalue weighted by Gasteiger charge is -2.32. The summed E-state index contributed by atoms with van der Waals surface area (Å²) in [6.07, 6.45) is 0.535. The van der Waals surface area contributed by atoms with E-state index in [1.807, 2.05) is 42.5 Å². The first kappa shape index (κ1) is 24.7. The molecular formula is C25H31N5O5S. The highest BCUT2D eigenvalue weighted by atomic mass is 32.3. The van der Waals surface area contributed by atoms with Crippen molar-refractivity contribution in [1.29, 1.82) is 0 Å². The molecule has 1 saturated heterocycles. The summed E-state index contributed by atoms with van der Waals surface area (Å²) in [4.78, 5) is 21.7. The Hall–Kier alpha value is -2.96. The molecule has 1 amide bonds. The normalized spacial score (nSPS) is 20.5. The maximum absolute atomic E-state index is 13.5. The maximum atomic E-state index is 13.5. The Morgan fingerprint density at radius 3 is 2.86 bits per heavy atom. The van der Waals surface area contributed by atoms with Crippen molar-refractivity contribution < 1.29 is 23.5 Å². The van der Waals surface area contributed by atoms with Gasteiger partial charge in [-0.05, 0) is 35.2 Å². The zero-order valence-corrected chi connectivity index (χ0v) is 21.1. The third-order valence-corrected chi connectivity index (χ3v) is 8.02. The SMILES string of the molecule is Cc1nc(-c2cccc([C@@H](CN3CCC(O)C3)N(C)C(=O)Cc3ccc4c(c3)NS(O)(O)C4)c2)no1. The number of aryl methyl sites for hydroxylation is 1. The van der Waals surface area contributed by atoms with Crippen molar-refractivity contribution in [2.75, 3.05) is 31.4 Å². The van der Waals surface area contributed by atoms with Crippen LogP contribution in [0.4, 0.5) is 5.69 Å². The van der Waals surface area contributed by atoms with Gasteiger partial charge in [0.15, 0.2) is 0 Å². The van der Waals surface area contributed by atoms with E-state index < -0.39 is 10.8 Å². The Morgan fingerprint density at radius 1 is 1.31 bits per heavy atom. The van der Waals surface area contributed by atoms with E-state index in [4.69, 9.17) is 4.52 Å². The highest BCUT2D eigenvalue weighted by molar-refractivity contribution is 8.25. The predicted molar refractivity (Wildman–Crippen MR) is 137 cm³/mol. The lowest BCUT2D eigenvalue weighted by atomic mass is 10.0. The second-order valence-electron chi connectivity index (χ2n) is 9.57. The number of anilines is 1. The number of amides is 1. The number of hydrogen-bond donors (Lipinski definition) is 4. The standard InChI is InChI=1S/C25H31N5O5S/c1-16-26-25(27-35-16)19-5-3-4-18(12-19)23(14-30-9-8-21(31)13-30)29(2)24(32)11-17-6-7-20-15-36(33,34)28-22(20)10-17/h3-7,10,12,21,23,28,31,33-34H,8-9,11,13-15H2,1-2H3/t21?,23-/m1/s1. The highest BCUT2D eigenvalue weighted by Gasteiger charge is 2.29. The van der Waals surface area contributed by atoms with Crippen LogP contribution >= 0.6 is 10.8 Å². The van der Waals surface area contributed by atoms with E-state index in [2.05, 4.69) is 19.8 Å². The molecule has 1 fully saturated rings. The number of likely N-dealkylation sites (N-methyl/N-ethyl adjacent to an activating group) is 1. The summed E-state index contributed by atoms with van der Waals surface area (Å²) in [5.74, 6) is 1.09. The van der Waals surface area contributed by atoms with Crippen LogP contribution in [-0.2, 0) is 17.0 Å². The van der Waals surface area contributed by atoms with Crippen molar-refractivity contribution in [3.63, 3.8) is 0 Å². The van der Waals surface area contributed by atoms with Gasteiger partial charge in [0.1, 0.15) is 0 Å². The van der Waals surface area contributed by atoms with E-state index in [1.54, 1.807) is 18.9 Å². The monoisotopic (exact) mass is 513 g/mol. The van der Waals surface area contributed by atoms with Crippen molar-refractivity contribution in [1.82, 2.24) is 19.9 Å². The minimum atomic E-state index is -2.85. The molecule has 2 aromatic carbocycles. The Bertz CT molecular complexity index is 1270. The van der Waals surface area contributed by atoms with Crippen LogP contribution in [0, 0.1) is 6.92 Å². The minimum absolute atomic E-state index is 0.0647. The summed E-state index contributed by atoms with van der Waals surface area (Å²) >= 11 is 0. The molecule has 0 aliphatic carbocycles. The molecule has 2 aliphatic rings. The molecule has 2 atom stereocenters. The van der Waals surface area contributed by atoms with Crippen LogP contribution in [0.2, 0.25) is 0 Å². The third-order valence-electron chi connectivity index (χ3n) is 6.76. The number of aromatic nitrogens is 2. The largest absolute Gasteiger partial charge is 0.392 e. The van der Waals surface area contributed by atoms with Crippen LogP contribution < -0.4 is 4.72 Å². The number of rotatable bonds is 7. The van der Waals surface area contributed by atoms with Gasteiger partial charge < -0.3 is 14.5 Å². The summed E-state index contributed by atoms with van der Waals surface area (Å²) in [7, 11) is -1.05. The molecule has 0 radical (unpaired) electrons. The summed E-state index contributed by atoms with van der Waals surface area (Å²) in [6.45, 7) is 3.67. The van der Waals surface area contributed by atoms with Crippen molar-refractivity contribution >= 4 is 22.4 Å². The van der Waals surface area contributed by atoms with Gasteiger partial charge in [-0.25, -0.2) is 0 Å². The second-order valence-corrected chi connectivity index (χ2v) is 11.4. The van der Waals surface area contributed by atoms with E-state index in [0.29, 0.717) is 36.9 Å². The number of likely N-dealkylation sites (tertiary alicyclic amines) is 1. The van der Waals surface area contributed by atoms with E-state index in [-0.39, 0.29) is 30.2 Å². The van der Waals surface area contributed by atoms with E-state index in [9.17, 15) is 19.0 Å². The Morgan fingerprint density at radius 2 is 2.14 bits per heavy atom. The second kappa shape index (κ2) is 9.83. The number of nitrogens with one attached hydrogen (secondary N) is 1. The quantitative estimate of drug-likeness (QED) is 0.375. The molecule has 192 valence electrons. The third kappa shape index (κ3) is 5.40. The summed E-state index contributed by atoms with van der Waals surface area (Å²) < 4.78 is 27.8. The number of aliphatic hydroxyl groups is 1. The fourth-order valence-electron chi connectivity index (χ4n) is 4.83. The predicted octanol–water partition coefficient (Wildman–Crippen LogP) is 3.44. The summed E-state index contributed by atoms with van der Waals surface area (Å²) in [5.41, 5.74) is 4.03. The highest BCUT2D eigenvalue weighted by Crippen LogP contribution is 2.50. The number of aliphatic hydroxyl groups excluding tert-OH is 1. The summed E-state index contributed by atoms with van der Waals surface area (Å²) in [6, 6.07) is 13.1. The van der Waals surface area contributed by atoms with E-state index in [1.165, 1.54) is 0 Å². The number of carbonyl (C=O) groups excluding carboxylic acids is 1. The number of nitrogens with zero attached hydrogens (tertiary/aromatic N) is 4. The number of hydrogen-bond acceptors (Lipinski definition) is 9. The first-order valence-corrected chi connectivity index (χ1v) is 13.6. The molecule has 2 aliphatic heterocycles. The maximum Gasteiger partial charge on any atom is 0.227 e. The molecule has 10 nitrogen and oxygen atoms in total. The van der Waals surface area contributed by atoms with Crippen LogP contribution in [-0.4, -0.2) is 72.8 Å². The van der Waals surface area contributed by atoms with Crippen molar-refractivity contribution in [2.45, 2.75) is 37.7 Å². The molecule has 0 spiro atoms. The topological polar surface area (TPSA) is 135 Å². The molecule has 4 N–H and O–H groups in total. The van der Waals surface area contributed by atoms with Gasteiger partial charge in [0.2, 0.25) is 17.6 Å². The van der Waals surface area contributed by atoms with E-state index in [0.717, 1.165) is 28.8 Å². The Balaban J connectivity index is 1.38. The van der Waals surface area contributed by atoms with Crippen molar-refractivity contribution in [3.8, 4) is 11.4 Å². The lowest BCUT2D eigenvalue weighted by molar-refractivity contribution is -0.131. The number of carbonyl (C=O) groups is 1. The summed E-state index contributed by atoms with van der Waals surface area (Å²) in [5, 5.41) is 14.1.